The molecule has 1 aliphatic rings. The minimum Gasteiger partial charge on any atom is -0.224 e. The lowest BCUT2D eigenvalue weighted by Crippen LogP contribution is -2.08. The fraction of sp³-hybridized carbons (Fsp3) is 0.429. The molecule has 0 aromatic heterocycles. The maximum absolute atomic E-state index is 12.1. The summed E-state index contributed by atoms with van der Waals surface area (Å²) in [5.41, 5.74) is 1.31. The summed E-state index contributed by atoms with van der Waals surface area (Å²) < 4.78 is 24.1. The molecule has 0 unspecified atom stereocenters. The molecular weight excluding hydrogens is 232 g/mol. The monoisotopic (exact) mass is 250 g/mol. The number of allylic oxidation sites excluding steroid dienone is 2. The molecule has 1 aromatic carbocycles. The largest absolute Gasteiger partial charge is 0.224 e. The van der Waals surface area contributed by atoms with Crippen molar-refractivity contribution in [3.8, 4) is 0 Å². The average Bonchev–Trinajstić information content (AvgIpc) is 3.15. The lowest BCUT2D eigenvalue weighted by molar-refractivity contribution is 0.594. The van der Waals surface area contributed by atoms with Crippen molar-refractivity contribution in [2.45, 2.75) is 31.1 Å². The standard InChI is InChI=1S/C14H18O2S/c1-2-12(13-8-9-13)10-11-17(15,16)14-6-4-3-5-7-14/h2-7,13H,8-11H2,1H3. The lowest BCUT2D eigenvalue weighted by Gasteiger charge is -2.06. The molecule has 1 aliphatic carbocycles. The summed E-state index contributed by atoms with van der Waals surface area (Å²) in [5.74, 6) is 0.888. The van der Waals surface area contributed by atoms with Gasteiger partial charge < -0.3 is 0 Å². The van der Waals surface area contributed by atoms with E-state index < -0.39 is 9.84 Å². The van der Waals surface area contributed by atoms with E-state index in [4.69, 9.17) is 0 Å². The first kappa shape index (κ1) is 12.4. The number of sulfone groups is 1. The third-order valence-corrected chi connectivity index (χ3v) is 4.97. The Bertz CT molecular complexity index is 496. The summed E-state index contributed by atoms with van der Waals surface area (Å²) in [5, 5.41) is 0. The number of hydrogen-bond acceptors (Lipinski definition) is 2. The molecule has 3 heteroatoms. The molecule has 0 atom stereocenters. The van der Waals surface area contributed by atoms with Gasteiger partial charge in [0.05, 0.1) is 10.6 Å². The van der Waals surface area contributed by atoms with Gasteiger partial charge in [-0.2, -0.15) is 0 Å². The molecule has 0 aliphatic heterocycles. The zero-order chi connectivity index (χ0) is 12.3. The lowest BCUT2D eigenvalue weighted by atomic mass is 10.1. The van der Waals surface area contributed by atoms with E-state index in [2.05, 4.69) is 6.08 Å². The van der Waals surface area contributed by atoms with Gasteiger partial charge >= 0.3 is 0 Å². The zero-order valence-electron chi connectivity index (χ0n) is 10.1. The summed E-state index contributed by atoms with van der Waals surface area (Å²) in [6.45, 7) is 2.00. The second-order valence-corrected chi connectivity index (χ2v) is 6.63. The van der Waals surface area contributed by atoms with Gasteiger partial charge in [0, 0.05) is 0 Å². The molecule has 2 nitrogen and oxygen atoms in total. The zero-order valence-corrected chi connectivity index (χ0v) is 10.9. The van der Waals surface area contributed by atoms with Gasteiger partial charge in [0.2, 0.25) is 0 Å². The van der Waals surface area contributed by atoms with Crippen LogP contribution in [0.4, 0.5) is 0 Å². The molecule has 0 N–H and O–H groups in total. The smallest absolute Gasteiger partial charge is 0.178 e. The fourth-order valence-corrected chi connectivity index (χ4v) is 3.35. The first-order valence-corrected chi connectivity index (χ1v) is 7.71. The Morgan fingerprint density at radius 3 is 2.47 bits per heavy atom. The predicted molar refractivity (Wildman–Crippen MR) is 69.6 cm³/mol. The summed E-state index contributed by atoms with van der Waals surface area (Å²) >= 11 is 0. The SMILES string of the molecule is CC=C(CCS(=O)(=O)c1ccccc1)C1CC1. The molecule has 2 rings (SSSR count). The molecular formula is C14H18O2S. The maximum Gasteiger partial charge on any atom is 0.178 e. The van der Waals surface area contributed by atoms with Crippen LogP contribution in [-0.4, -0.2) is 14.2 Å². The van der Waals surface area contributed by atoms with Gasteiger partial charge in [0.15, 0.2) is 9.84 Å². The summed E-state index contributed by atoms with van der Waals surface area (Å²) in [6.07, 6.45) is 5.21. The van der Waals surface area contributed by atoms with E-state index >= 15 is 0 Å². The topological polar surface area (TPSA) is 34.1 Å². The summed E-state index contributed by atoms with van der Waals surface area (Å²) in [7, 11) is -3.11. The van der Waals surface area contributed by atoms with Gasteiger partial charge in [0.1, 0.15) is 0 Å². The highest BCUT2D eigenvalue weighted by Gasteiger charge is 2.26. The number of hydrogen-bond donors (Lipinski definition) is 0. The van der Waals surface area contributed by atoms with Crippen LogP contribution in [0.2, 0.25) is 0 Å². The van der Waals surface area contributed by atoms with Crippen molar-refractivity contribution >= 4 is 9.84 Å². The van der Waals surface area contributed by atoms with Gasteiger partial charge in [-0.25, -0.2) is 8.42 Å². The normalized spacial score (nSPS) is 17.1. The van der Waals surface area contributed by atoms with Crippen molar-refractivity contribution in [1.82, 2.24) is 0 Å². The molecule has 0 amide bonds. The molecule has 0 bridgehead atoms. The van der Waals surface area contributed by atoms with Crippen LogP contribution in [-0.2, 0) is 9.84 Å². The Kier molecular flexibility index (Phi) is 3.67. The summed E-state index contributed by atoms with van der Waals surface area (Å²) in [6, 6.07) is 8.71. The van der Waals surface area contributed by atoms with Gasteiger partial charge in [-0.05, 0) is 44.2 Å². The Hall–Kier alpha value is -1.09. The Morgan fingerprint density at radius 1 is 1.29 bits per heavy atom. The second-order valence-electron chi connectivity index (χ2n) is 4.52. The molecule has 17 heavy (non-hydrogen) atoms. The molecule has 0 heterocycles. The van der Waals surface area contributed by atoms with Crippen molar-refractivity contribution < 1.29 is 8.42 Å². The molecule has 92 valence electrons. The molecule has 0 saturated heterocycles. The van der Waals surface area contributed by atoms with Gasteiger partial charge in [-0.1, -0.05) is 29.8 Å². The van der Waals surface area contributed by atoms with Crippen LogP contribution < -0.4 is 0 Å². The predicted octanol–water partition coefficient (Wildman–Crippen LogP) is 3.21. The van der Waals surface area contributed by atoms with Crippen molar-refractivity contribution in [3.05, 3.63) is 42.0 Å². The van der Waals surface area contributed by atoms with Crippen molar-refractivity contribution in [2.75, 3.05) is 5.75 Å². The van der Waals surface area contributed by atoms with Crippen LogP contribution in [0.1, 0.15) is 26.2 Å². The van der Waals surface area contributed by atoms with E-state index in [-0.39, 0.29) is 5.75 Å². The molecule has 0 spiro atoms. The highest BCUT2D eigenvalue weighted by Crippen LogP contribution is 2.38. The van der Waals surface area contributed by atoms with Gasteiger partial charge in [-0.15, -0.1) is 0 Å². The van der Waals surface area contributed by atoms with Crippen molar-refractivity contribution in [3.63, 3.8) is 0 Å². The minimum absolute atomic E-state index is 0.229. The van der Waals surface area contributed by atoms with Gasteiger partial charge in [0.25, 0.3) is 0 Å². The van der Waals surface area contributed by atoms with E-state index in [1.54, 1.807) is 24.3 Å². The van der Waals surface area contributed by atoms with Crippen LogP contribution >= 0.6 is 0 Å². The van der Waals surface area contributed by atoms with E-state index in [0.717, 1.165) is 0 Å². The first-order chi connectivity index (χ1) is 8.13. The quantitative estimate of drug-likeness (QED) is 0.752. The van der Waals surface area contributed by atoms with E-state index in [1.807, 2.05) is 13.0 Å². The van der Waals surface area contributed by atoms with Crippen LogP contribution in [0, 0.1) is 5.92 Å². The third-order valence-electron chi connectivity index (χ3n) is 3.23. The molecule has 1 saturated carbocycles. The van der Waals surface area contributed by atoms with Crippen molar-refractivity contribution in [1.29, 1.82) is 0 Å². The van der Waals surface area contributed by atoms with Crippen LogP contribution in [0.15, 0.2) is 46.9 Å². The average molecular weight is 250 g/mol. The number of rotatable bonds is 5. The third kappa shape index (κ3) is 3.19. The van der Waals surface area contributed by atoms with Crippen LogP contribution in [0.25, 0.3) is 0 Å². The summed E-state index contributed by atoms with van der Waals surface area (Å²) in [4.78, 5) is 0.436. The molecule has 1 fully saturated rings. The van der Waals surface area contributed by atoms with Crippen molar-refractivity contribution in [2.24, 2.45) is 5.92 Å². The second kappa shape index (κ2) is 5.05. The van der Waals surface area contributed by atoms with Crippen LogP contribution in [0.3, 0.4) is 0 Å². The molecule has 0 radical (unpaired) electrons. The minimum atomic E-state index is -3.11. The highest BCUT2D eigenvalue weighted by atomic mass is 32.2. The Balaban J connectivity index is 2.03. The van der Waals surface area contributed by atoms with E-state index in [9.17, 15) is 8.42 Å². The molecule has 1 aromatic rings. The first-order valence-electron chi connectivity index (χ1n) is 6.06. The maximum atomic E-state index is 12.1. The highest BCUT2D eigenvalue weighted by molar-refractivity contribution is 7.91. The number of benzene rings is 1. The Morgan fingerprint density at radius 2 is 1.94 bits per heavy atom. The van der Waals surface area contributed by atoms with Crippen LogP contribution in [0.5, 0.6) is 0 Å². The Labute approximate surface area is 103 Å². The van der Waals surface area contributed by atoms with Gasteiger partial charge in [-0.3, -0.25) is 0 Å². The fourth-order valence-electron chi connectivity index (χ4n) is 2.04. The van der Waals surface area contributed by atoms with E-state index in [1.165, 1.54) is 18.4 Å². The van der Waals surface area contributed by atoms with E-state index in [0.29, 0.717) is 17.2 Å².